The molecule has 0 aliphatic carbocycles. The Kier molecular flexibility index (Phi) is 5.63. The van der Waals surface area contributed by atoms with Gasteiger partial charge in [-0.25, -0.2) is 0 Å². The molecule has 0 aliphatic rings. The standard InChI is InChI=1S/C18H23NO/c1-2-20-18-14-7-6-12-16(18)17(19)13-8-11-15-9-4-3-5-10-15/h3-7,9-10,12,14,17H,2,8,11,13,19H2,1H3. The van der Waals surface area contributed by atoms with E-state index in [0.29, 0.717) is 6.61 Å². The van der Waals surface area contributed by atoms with Crippen molar-refractivity contribution in [2.45, 2.75) is 32.2 Å². The molecule has 0 radical (unpaired) electrons. The molecule has 0 saturated heterocycles. The number of ether oxygens (including phenoxy) is 1. The van der Waals surface area contributed by atoms with Crippen LogP contribution in [0.25, 0.3) is 0 Å². The molecule has 2 aromatic carbocycles. The highest BCUT2D eigenvalue weighted by atomic mass is 16.5. The van der Waals surface area contributed by atoms with Crippen molar-refractivity contribution in [2.75, 3.05) is 6.61 Å². The van der Waals surface area contributed by atoms with Gasteiger partial charge >= 0.3 is 0 Å². The highest BCUT2D eigenvalue weighted by molar-refractivity contribution is 5.35. The van der Waals surface area contributed by atoms with Gasteiger partial charge in [0.25, 0.3) is 0 Å². The topological polar surface area (TPSA) is 35.2 Å². The second-order valence-electron chi connectivity index (χ2n) is 4.96. The Morgan fingerprint density at radius 2 is 1.70 bits per heavy atom. The Balaban J connectivity index is 1.90. The maximum Gasteiger partial charge on any atom is 0.124 e. The molecule has 20 heavy (non-hydrogen) atoms. The number of aryl methyl sites for hydroxylation is 1. The van der Waals surface area contributed by atoms with Gasteiger partial charge in [0.2, 0.25) is 0 Å². The van der Waals surface area contributed by atoms with Crippen LogP contribution in [0, 0.1) is 0 Å². The highest BCUT2D eigenvalue weighted by Gasteiger charge is 2.11. The Labute approximate surface area is 121 Å². The van der Waals surface area contributed by atoms with Crippen molar-refractivity contribution in [3.8, 4) is 5.75 Å². The summed E-state index contributed by atoms with van der Waals surface area (Å²) < 4.78 is 5.64. The van der Waals surface area contributed by atoms with Gasteiger partial charge in [-0.3, -0.25) is 0 Å². The van der Waals surface area contributed by atoms with Crippen LogP contribution < -0.4 is 10.5 Å². The van der Waals surface area contributed by atoms with E-state index in [2.05, 4.69) is 30.3 Å². The third-order valence-corrected chi connectivity index (χ3v) is 3.44. The summed E-state index contributed by atoms with van der Waals surface area (Å²) in [7, 11) is 0. The van der Waals surface area contributed by atoms with Crippen LogP contribution in [0.2, 0.25) is 0 Å². The van der Waals surface area contributed by atoms with Gasteiger partial charge in [0, 0.05) is 11.6 Å². The molecule has 0 heterocycles. The average Bonchev–Trinajstić information content (AvgIpc) is 2.49. The second kappa shape index (κ2) is 7.71. The van der Waals surface area contributed by atoms with E-state index in [-0.39, 0.29) is 6.04 Å². The van der Waals surface area contributed by atoms with Gasteiger partial charge in [0.15, 0.2) is 0 Å². The first-order valence-corrected chi connectivity index (χ1v) is 7.32. The molecule has 2 aromatic rings. The zero-order chi connectivity index (χ0) is 14.2. The average molecular weight is 269 g/mol. The normalized spacial score (nSPS) is 12.1. The van der Waals surface area contributed by atoms with Crippen LogP contribution >= 0.6 is 0 Å². The molecule has 1 atom stereocenters. The molecule has 2 rings (SSSR count). The summed E-state index contributed by atoms with van der Waals surface area (Å²) in [5, 5.41) is 0. The first-order valence-electron chi connectivity index (χ1n) is 7.32. The maximum atomic E-state index is 6.31. The van der Waals surface area contributed by atoms with E-state index in [9.17, 15) is 0 Å². The minimum absolute atomic E-state index is 0.0430. The van der Waals surface area contributed by atoms with Crippen molar-refractivity contribution in [2.24, 2.45) is 5.73 Å². The molecule has 106 valence electrons. The van der Waals surface area contributed by atoms with E-state index in [1.807, 2.05) is 31.2 Å². The minimum atomic E-state index is 0.0430. The van der Waals surface area contributed by atoms with Crippen molar-refractivity contribution in [1.82, 2.24) is 0 Å². The first-order chi connectivity index (χ1) is 9.81. The fourth-order valence-electron chi connectivity index (χ4n) is 2.40. The van der Waals surface area contributed by atoms with Crippen molar-refractivity contribution in [3.63, 3.8) is 0 Å². The number of hydrogen-bond acceptors (Lipinski definition) is 2. The molecular weight excluding hydrogens is 246 g/mol. The van der Waals surface area contributed by atoms with Crippen LogP contribution in [-0.2, 0) is 6.42 Å². The quantitative estimate of drug-likeness (QED) is 0.821. The van der Waals surface area contributed by atoms with E-state index in [0.717, 1.165) is 30.6 Å². The molecule has 0 amide bonds. The molecule has 2 heteroatoms. The summed E-state index contributed by atoms with van der Waals surface area (Å²) in [5.74, 6) is 0.919. The Bertz CT molecular complexity index is 510. The van der Waals surface area contributed by atoms with Crippen LogP contribution in [0.4, 0.5) is 0 Å². The Morgan fingerprint density at radius 3 is 2.45 bits per heavy atom. The summed E-state index contributed by atoms with van der Waals surface area (Å²) in [6.45, 7) is 2.67. The number of hydrogen-bond donors (Lipinski definition) is 1. The van der Waals surface area contributed by atoms with E-state index in [4.69, 9.17) is 10.5 Å². The van der Waals surface area contributed by atoms with E-state index >= 15 is 0 Å². The molecule has 0 saturated carbocycles. The van der Waals surface area contributed by atoms with Gasteiger partial charge < -0.3 is 10.5 Å². The van der Waals surface area contributed by atoms with Crippen molar-refractivity contribution in [3.05, 3.63) is 65.7 Å². The third kappa shape index (κ3) is 4.10. The molecule has 0 aromatic heterocycles. The maximum absolute atomic E-state index is 6.31. The van der Waals surface area contributed by atoms with Gasteiger partial charge in [-0.1, -0.05) is 48.5 Å². The summed E-state index contributed by atoms with van der Waals surface area (Å²) in [5.41, 5.74) is 8.80. The summed E-state index contributed by atoms with van der Waals surface area (Å²) >= 11 is 0. The monoisotopic (exact) mass is 269 g/mol. The van der Waals surface area contributed by atoms with Crippen molar-refractivity contribution >= 4 is 0 Å². The lowest BCUT2D eigenvalue weighted by molar-refractivity contribution is 0.333. The molecule has 0 spiro atoms. The van der Waals surface area contributed by atoms with E-state index in [1.54, 1.807) is 0 Å². The molecule has 0 aliphatic heterocycles. The third-order valence-electron chi connectivity index (χ3n) is 3.44. The number of rotatable bonds is 7. The molecule has 2 nitrogen and oxygen atoms in total. The van der Waals surface area contributed by atoms with Gasteiger partial charge in [-0.15, -0.1) is 0 Å². The van der Waals surface area contributed by atoms with Crippen LogP contribution in [-0.4, -0.2) is 6.61 Å². The fraction of sp³-hybridized carbons (Fsp3) is 0.333. The SMILES string of the molecule is CCOc1ccccc1C(N)CCCc1ccccc1. The lowest BCUT2D eigenvalue weighted by Gasteiger charge is -2.16. The van der Waals surface area contributed by atoms with Crippen molar-refractivity contribution in [1.29, 1.82) is 0 Å². The van der Waals surface area contributed by atoms with Gasteiger partial charge in [-0.05, 0) is 37.8 Å². The minimum Gasteiger partial charge on any atom is -0.494 e. The second-order valence-corrected chi connectivity index (χ2v) is 4.96. The van der Waals surface area contributed by atoms with Crippen molar-refractivity contribution < 1.29 is 4.74 Å². The molecule has 0 bridgehead atoms. The van der Waals surface area contributed by atoms with Gasteiger partial charge in [0.05, 0.1) is 6.61 Å². The highest BCUT2D eigenvalue weighted by Crippen LogP contribution is 2.26. The fourth-order valence-corrected chi connectivity index (χ4v) is 2.40. The zero-order valence-electron chi connectivity index (χ0n) is 12.1. The first kappa shape index (κ1) is 14.6. The summed E-state index contributed by atoms with van der Waals surface area (Å²) in [4.78, 5) is 0. The van der Waals surface area contributed by atoms with Crippen LogP contribution in [0.1, 0.15) is 36.9 Å². The van der Waals surface area contributed by atoms with Crippen LogP contribution in [0.5, 0.6) is 5.75 Å². The number of nitrogens with two attached hydrogens (primary N) is 1. The predicted molar refractivity (Wildman–Crippen MR) is 83.9 cm³/mol. The zero-order valence-corrected chi connectivity index (χ0v) is 12.1. The molecular formula is C18H23NO. The lowest BCUT2D eigenvalue weighted by atomic mass is 9.99. The molecule has 0 fully saturated rings. The van der Waals surface area contributed by atoms with E-state index < -0.39 is 0 Å². The van der Waals surface area contributed by atoms with Gasteiger partial charge in [0.1, 0.15) is 5.75 Å². The Hall–Kier alpha value is -1.80. The largest absolute Gasteiger partial charge is 0.494 e. The van der Waals surface area contributed by atoms with Gasteiger partial charge in [-0.2, -0.15) is 0 Å². The van der Waals surface area contributed by atoms with Crippen LogP contribution in [0.15, 0.2) is 54.6 Å². The molecule has 2 N–H and O–H groups in total. The van der Waals surface area contributed by atoms with E-state index in [1.165, 1.54) is 5.56 Å². The number of para-hydroxylation sites is 1. The smallest absolute Gasteiger partial charge is 0.124 e. The predicted octanol–water partition coefficient (Wildman–Crippen LogP) is 4.11. The molecule has 1 unspecified atom stereocenters. The summed E-state index contributed by atoms with van der Waals surface area (Å²) in [6.07, 6.45) is 3.13. The number of benzene rings is 2. The van der Waals surface area contributed by atoms with Crippen LogP contribution in [0.3, 0.4) is 0 Å². The lowest BCUT2D eigenvalue weighted by Crippen LogP contribution is -2.12. The Morgan fingerprint density at radius 1 is 1.00 bits per heavy atom. The summed E-state index contributed by atoms with van der Waals surface area (Å²) in [6, 6.07) is 18.7.